The minimum Gasteiger partial charge on any atom is -0.445 e. The lowest BCUT2D eigenvalue weighted by atomic mass is 9.84. The van der Waals surface area contributed by atoms with Gasteiger partial charge in [0.15, 0.2) is 0 Å². The molecule has 11 nitrogen and oxygen atoms in total. The predicted octanol–water partition coefficient (Wildman–Crippen LogP) is 6.46. The molecular formula is C36H51ClN3O8P. The molecule has 2 unspecified atom stereocenters. The van der Waals surface area contributed by atoms with Crippen molar-refractivity contribution in [1.82, 2.24) is 15.5 Å². The van der Waals surface area contributed by atoms with E-state index in [4.69, 9.17) is 25.4 Å². The van der Waals surface area contributed by atoms with Crippen LogP contribution >= 0.6 is 19.2 Å². The fourth-order valence-electron chi connectivity index (χ4n) is 6.79. The summed E-state index contributed by atoms with van der Waals surface area (Å²) in [4.78, 5) is 42.3. The van der Waals surface area contributed by atoms with Gasteiger partial charge in [-0.3, -0.25) is 14.2 Å². The van der Waals surface area contributed by atoms with Gasteiger partial charge in [0.25, 0.3) is 0 Å². The Morgan fingerprint density at radius 3 is 2.39 bits per heavy atom. The third-order valence-electron chi connectivity index (χ3n) is 9.13. The van der Waals surface area contributed by atoms with Gasteiger partial charge >= 0.3 is 13.7 Å². The van der Waals surface area contributed by atoms with Crippen molar-refractivity contribution in [1.29, 1.82) is 0 Å². The van der Waals surface area contributed by atoms with E-state index in [1.54, 1.807) is 43.0 Å². The number of halogens is 1. The van der Waals surface area contributed by atoms with Crippen LogP contribution in [0.2, 0.25) is 5.02 Å². The monoisotopic (exact) mass is 719 g/mol. The summed E-state index contributed by atoms with van der Waals surface area (Å²) in [5.41, 5.74) is -0.337. The number of carbonyl (C=O) groups excluding carboxylic acids is 3. The third kappa shape index (κ3) is 12.4. The molecule has 3 amide bonds. The van der Waals surface area contributed by atoms with Crippen LogP contribution in [0, 0.1) is 11.8 Å². The second kappa shape index (κ2) is 18.9. The van der Waals surface area contributed by atoms with Crippen LogP contribution in [0.15, 0.2) is 54.6 Å². The van der Waals surface area contributed by atoms with Gasteiger partial charge in [0.2, 0.25) is 11.8 Å². The normalized spacial score (nSPS) is 18.9. The van der Waals surface area contributed by atoms with Crippen molar-refractivity contribution >= 4 is 37.1 Å². The molecule has 270 valence electrons. The van der Waals surface area contributed by atoms with Crippen LogP contribution < -0.4 is 10.6 Å². The number of hydrogen-bond acceptors (Lipinski definition) is 8. The van der Waals surface area contributed by atoms with Gasteiger partial charge in [0, 0.05) is 30.5 Å². The number of nitrogens with zero attached hydrogens (tertiary/aromatic N) is 1. The first kappa shape index (κ1) is 38.8. The Morgan fingerprint density at radius 1 is 1.02 bits per heavy atom. The fourth-order valence-corrected chi connectivity index (χ4v) is 8.90. The molecule has 1 aliphatic heterocycles. The largest absolute Gasteiger partial charge is 0.445 e. The molecule has 1 saturated heterocycles. The van der Waals surface area contributed by atoms with Crippen molar-refractivity contribution in [2.24, 2.45) is 11.8 Å². The Balaban J connectivity index is 1.50. The summed E-state index contributed by atoms with van der Waals surface area (Å²) in [6.45, 7) is 4.40. The molecule has 1 saturated carbocycles. The van der Waals surface area contributed by atoms with Crippen LogP contribution in [0.1, 0.15) is 76.3 Å². The smallest absolute Gasteiger partial charge is 0.408 e. The van der Waals surface area contributed by atoms with E-state index in [0.717, 1.165) is 37.7 Å². The maximum Gasteiger partial charge on any atom is 0.408 e. The van der Waals surface area contributed by atoms with Crippen molar-refractivity contribution in [3.63, 3.8) is 0 Å². The Morgan fingerprint density at radius 2 is 1.71 bits per heavy atom. The zero-order valence-corrected chi connectivity index (χ0v) is 30.3. The van der Waals surface area contributed by atoms with Crippen LogP contribution in [0.5, 0.6) is 0 Å². The minimum atomic E-state index is -3.90. The number of amides is 3. The molecule has 2 fully saturated rings. The molecule has 0 aromatic heterocycles. The lowest BCUT2D eigenvalue weighted by Gasteiger charge is -2.35. The predicted molar refractivity (Wildman–Crippen MR) is 188 cm³/mol. The third-order valence-corrected chi connectivity index (χ3v) is 11.6. The number of rotatable bonds is 18. The first-order valence-electron chi connectivity index (χ1n) is 17.4. The van der Waals surface area contributed by atoms with Crippen molar-refractivity contribution in [3.8, 4) is 0 Å². The highest BCUT2D eigenvalue weighted by atomic mass is 35.5. The van der Waals surface area contributed by atoms with E-state index in [1.165, 1.54) is 0 Å². The van der Waals surface area contributed by atoms with E-state index >= 15 is 0 Å². The van der Waals surface area contributed by atoms with Crippen LogP contribution in [0.3, 0.4) is 0 Å². The number of ether oxygens (including phenoxy) is 1. The Hall–Kier alpha value is -2.95. The molecule has 0 radical (unpaired) electrons. The standard InChI is InChI=1S/C36H51ClN3O8P/c1-3-47-49(45,48-4-2)26-36(44,24-30-19-21-40(34(30)42)20-18-27-12-7-5-8-13-27)39-33(41)32(23-28-14-9-6-10-15-28)38-35(43)46-25-29-16-11-17-31(37)22-29/h5,7-8,11-13,16-17,22,28,30,32,44H,3-4,6,9-10,14-15,18-21,23-26H2,1-2H3,(H,38,43)(H,39,41)/t30?,32-,36?/m0/s1. The van der Waals surface area contributed by atoms with Crippen molar-refractivity contribution in [3.05, 3.63) is 70.7 Å². The van der Waals surface area contributed by atoms with Crippen LogP contribution in [0.4, 0.5) is 4.79 Å². The second-order valence-electron chi connectivity index (χ2n) is 13.0. The van der Waals surface area contributed by atoms with Crippen LogP contribution in [-0.2, 0) is 41.0 Å². The molecule has 0 spiro atoms. The molecule has 2 aromatic rings. The highest BCUT2D eigenvalue weighted by Gasteiger charge is 2.46. The maximum absolute atomic E-state index is 14.0. The average Bonchev–Trinajstić information content (AvgIpc) is 3.41. The second-order valence-corrected chi connectivity index (χ2v) is 15.5. The highest BCUT2D eigenvalue weighted by molar-refractivity contribution is 7.53. The fraction of sp³-hybridized carbons (Fsp3) is 0.583. The van der Waals surface area contributed by atoms with E-state index in [2.05, 4.69) is 10.6 Å². The molecule has 0 bridgehead atoms. The summed E-state index contributed by atoms with van der Waals surface area (Å²) < 4.78 is 30.2. The summed E-state index contributed by atoms with van der Waals surface area (Å²) in [6.07, 6.45) is 4.91. The van der Waals surface area contributed by atoms with Crippen LogP contribution in [-0.4, -0.2) is 72.1 Å². The molecule has 2 aliphatic rings. The van der Waals surface area contributed by atoms with Crippen molar-refractivity contribution in [2.75, 3.05) is 32.5 Å². The zero-order chi connectivity index (χ0) is 35.3. The SMILES string of the molecule is CCOP(=O)(CC(O)(CC1CCN(CCc2ccccc2)C1=O)NC(=O)[C@H](CC1CCCCC1)NC(=O)OCc1cccc(Cl)c1)OCC. The number of aliphatic hydroxyl groups is 1. The summed E-state index contributed by atoms with van der Waals surface area (Å²) in [7, 11) is -3.90. The van der Waals surface area contributed by atoms with Gasteiger partial charge in [-0.15, -0.1) is 0 Å². The number of likely N-dealkylation sites (tertiary alicyclic amines) is 1. The summed E-state index contributed by atoms with van der Waals surface area (Å²) in [5.74, 6) is -1.27. The van der Waals surface area contributed by atoms with Gasteiger partial charge in [-0.25, -0.2) is 4.79 Å². The van der Waals surface area contributed by atoms with Gasteiger partial charge in [-0.05, 0) is 62.3 Å². The van der Waals surface area contributed by atoms with Gasteiger partial charge in [-0.1, -0.05) is 86.2 Å². The van der Waals surface area contributed by atoms with Gasteiger partial charge in [0.1, 0.15) is 18.4 Å². The average molecular weight is 720 g/mol. The lowest BCUT2D eigenvalue weighted by molar-refractivity contribution is -0.137. The molecule has 4 rings (SSSR count). The lowest BCUT2D eigenvalue weighted by Crippen LogP contribution is -2.58. The zero-order valence-electron chi connectivity index (χ0n) is 28.6. The molecule has 49 heavy (non-hydrogen) atoms. The Kier molecular flexibility index (Phi) is 15.0. The molecule has 3 atom stereocenters. The van der Waals surface area contributed by atoms with Gasteiger partial charge in [0.05, 0.1) is 19.4 Å². The molecule has 13 heteroatoms. The van der Waals surface area contributed by atoms with Crippen molar-refractivity contribution < 1.29 is 37.8 Å². The number of carbonyl (C=O) groups is 3. The number of alkyl carbamates (subject to hydrolysis) is 1. The van der Waals surface area contributed by atoms with E-state index < -0.39 is 43.4 Å². The summed E-state index contributed by atoms with van der Waals surface area (Å²) in [5, 5.41) is 18.0. The van der Waals surface area contributed by atoms with E-state index in [9.17, 15) is 24.1 Å². The minimum absolute atomic E-state index is 0.0510. The molecule has 2 aromatic carbocycles. The first-order chi connectivity index (χ1) is 23.5. The number of nitrogens with one attached hydrogen (secondary N) is 2. The van der Waals surface area contributed by atoms with E-state index in [-0.39, 0.29) is 38.1 Å². The summed E-state index contributed by atoms with van der Waals surface area (Å²) >= 11 is 6.07. The Labute approximate surface area is 294 Å². The molecule has 1 aliphatic carbocycles. The highest BCUT2D eigenvalue weighted by Crippen LogP contribution is 2.51. The number of hydrogen-bond donors (Lipinski definition) is 3. The van der Waals surface area contributed by atoms with Gasteiger partial charge in [-0.2, -0.15) is 0 Å². The van der Waals surface area contributed by atoms with Crippen LogP contribution in [0.25, 0.3) is 0 Å². The van der Waals surface area contributed by atoms with E-state index in [1.807, 2.05) is 30.3 Å². The van der Waals surface area contributed by atoms with Crippen molar-refractivity contribution in [2.45, 2.75) is 90.0 Å². The Bertz CT molecular complexity index is 1420. The molecular weight excluding hydrogens is 669 g/mol. The van der Waals surface area contributed by atoms with Gasteiger partial charge < -0.3 is 34.4 Å². The first-order valence-corrected chi connectivity index (χ1v) is 19.5. The topological polar surface area (TPSA) is 143 Å². The maximum atomic E-state index is 14.0. The molecule has 1 heterocycles. The number of benzene rings is 2. The molecule has 3 N–H and O–H groups in total. The summed E-state index contributed by atoms with van der Waals surface area (Å²) in [6, 6.07) is 15.7. The van der Waals surface area contributed by atoms with E-state index in [0.29, 0.717) is 42.9 Å². The quantitative estimate of drug-likeness (QED) is 0.118.